The molecule has 0 bridgehead atoms. The molecule has 1 rings (SSSR count). The number of carbonyl (C=O) groups is 1. The Balaban J connectivity index is 2.93. The first-order chi connectivity index (χ1) is 3.80. The normalized spacial score (nSPS) is 9.00. The van der Waals surface area contributed by atoms with Gasteiger partial charge in [0.15, 0.2) is 0 Å². The first-order valence-electron chi connectivity index (χ1n) is 2.09. The number of hydrogen-bond donors (Lipinski definition) is 1. The van der Waals surface area contributed by atoms with Crippen molar-refractivity contribution in [2.75, 3.05) is 0 Å². The average Bonchev–Trinajstić information content (AvgIpc) is 2.12. The maximum atomic E-state index is 9.99. The number of aromatic nitrogens is 1. The van der Waals surface area contributed by atoms with Crippen molar-refractivity contribution in [2.24, 2.45) is 0 Å². The van der Waals surface area contributed by atoms with Gasteiger partial charge in [0.25, 0.3) is 0 Å². The molecule has 0 saturated heterocycles. The van der Waals surface area contributed by atoms with Gasteiger partial charge < -0.3 is 5.11 Å². The van der Waals surface area contributed by atoms with Gasteiger partial charge in [-0.1, -0.05) is 0 Å². The molecule has 1 heterocycles. The Morgan fingerprint density at radius 2 is 2.50 bits per heavy atom. The van der Waals surface area contributed by atoms with E-state index in [-0.39, 0.29) is 0 Å². The van der Waals surface area contributed by atoms with E-state index in [1.165, 1.54) is 12.3 Å². The minimum atomic E-state index is -1.00. The Bertz CT molecular complexity index is 178. The number of carboxylic acid groups (broad SMARTS) is 1. The summed E-state index contributed by atoms with van der Waals surface area (Å²) in [6, 6.07) is 3.14. The molecule has 1 aromatic heterocycles. The van der Waals surface area contributed by atoms with E-state index >= 15 is 0 Å². The Kier molecular flexibility index (Phi) is 1.04. The number of hydrogen-bond acceptors (Lipinski definition) is 1. The highest BCUT2D eigenvalue weighted by atomic mass is 16.4. The van der Waals surface area contributed by atoms with Crippen LogP contribution in [-0.4, -0.2) is 15.8 Å². The van der Waals surface area contributed by atoms with Gasteiger partial charge in [0.1, 0.15) is 0 Å². The largest absolute Gasteiger partial charge is 0.464 e. The molecule has 41 valence electrons. The molecule has 8 heavy (non-hydrogen) atoms. The van der Waals surface area contributed by atoms with Crippen LogP contribution in [0, 0.1) is 6.20 Å². The summed E-state index contributed by atoms with van der Waals surface area (Å²) in [5.41, 5.74) is 0. The maximum Gasteiger partial charge on any atom is 0.416 e. The van der Waals surface area contributed by atoms with Crippen LogP contribution in [0.2, 0.25) is 0 Å². The van der Waals surface area contributed by atoms with Crippen molar-refractivity contribution in [1.29, 1.82) is 0 Å². The van der Waals surface area contributed by atoms with Gasteiger partial charge in [-0.15, -0.1) is 0 Å². The van der Waals surface area contributed by atoms with E-state index < -0.39 is 6.09 Å². The lowest BCUT2D eigenvalue weighted by Crippen LogP contribution is -2.03. The van der Waals surface area contributed by atoms with Gasteiger partial charge in [0, 0.05) is 6.20 Å². The molecule has 1 N–H and O–H groups in total. The first kappa shape index (κ1) is 4.90. The van der Waals surface area contributed by atoms with E-state index in [2.05, 4.69) is 6.20 Å². The van der Waals surface area contributed by atoms with Crippen LogP contribution in [0.1, 0.15) is 0 Å². The number of nitrogens with zero attached hydrogens (tertiary/aromatic N) is 1. The predicted octanol–water partition coefficient (Wildman–Crippen LogP) is 0.814. The molecule has 0 atom stereocenters. The van der Waals surface area contributed by atoms with E-state index in [0.717, 1.165) is 4.57 Å². The van der Waals surface area contributed by atoms with Crippen molar-refractivity contribution in [3.05, 3.63) is 24.5 Å². The standard InChI is InChI=1S/C5H4NO2/c7-5(8)6-3-1-2-4-6/h1-3H,(H,7,8). The van der Waals surface area contributed by atoms with Gasteiger partial charge in [0.05, 0.1) is 6.20 Å². The fraction of sp³-hybridized carbons (Fsp3) is 0. The molecule has 1 radical (unpaired) electrons. The smallest absolute Gasteiger partial charge is 0.416 e. The summed E-state index contributed by atoms with van der Waals surface area (Å²) in [5.74, 6) is 0. The van der Waals surface area contributed by atoms with Crippen molar-refractivity contribution in [3.8, 4) is 0 Å². The van der Waals surface area contributed by atoms with Crippen LogP contribution < -0.4 is 0 Å². The molecule has 0 fully saturated rings. The highest BCUT2D eigenvalue weighted by Gasteiger charge is 1.93. The second-order valence-electron chi connectivity index (χ2n) is 1.29. The van der Waals surface area contributed by atoms with Crippen LogP contribution in [0.15, 0.2) is 18.3 Å². The molecule has 0 amide bonds. The molecule has 0 spiro atoms. The van der Waals surface area contributed by atoms with Crippen molar-refractivity contribution in [1.82, 2.24) is 4.57 Å². The molecule has 3 nitrogen and oxygen atoms in total. The Morgan fingerprint density at radius 1 is 1.75 bits per heavy atom. The van der Waals surface area contributed by atoms with Crippen molar-refractivity contribution >= 4 is 6.09 Å². The molecular weight excluding hydrogens is 106 g/mol. The van der Waals surface area contributed by atoms with Crippen LogP contribution in [-0.2, 0) is 0 Å². The van der Waals surface area contributed by atoms with E-state index in [9.17, 15) is 4.79 Å². The van der Waals surface area contributed by atoms with Gasteiger partial charge in [0.2, 0.25) is 0 Å². The molecule has 0 saturated carbocycles. The molecule has 0 aliphatic heterocycles. The zero-order chi connectivity index (χ0) is 5.98. The summed E-state index contributed by atoms with van der Waals surface area (Å²) in [6.07, 6.45) is 2.87. The van der Waals surface area contributed by atoms with Gasteiger partial charge in [-0.3, -0.25) is 4.57 Å². The Morgan fingerprint density at radius 3 is 2.75 bits per heavy atom. The quantitative estimate of drug-likeness (QED) is 0.537. The minimum absolute atomic E-state index is 0.958. The monoisotopic (exact) mass is 110 g/mol. The highest BCUT2D eigenvalue weighted by molar-refractivity contribution is 5.67. The van der Waals surface area contributed by atoms with Crippen molar-refractivity contribution in [2.45, 2.75) is 0 Å². The molecule has 0 aromatic carbocycles. The molecule has 0 aliphatic rings. The fourth-order valence-electron chi connectivity index (χ4n) is 0.414. The van der Waals surface area contributed by atoms with Crippen LogP contribution in [0.4, 0.5) is 4.79 Å². The molecule has 0 aliphatic carbocycles. The average molecular weight is 110 g/mol. The fourth-order valence-corrected chi connectivity index (χ4v) is 0.414. The molecule has 0 unspecified atom stereocenters. The zero-order valence-corrected chi connectivity index (χ0v) is 4.03. The predicted molar refractivity (Wildman–Crippen MR) is 26.7 cm³/mol. The van der Waals surface area contributed by atoms with Gasteiger partial charge in [-0.25, -0.2) is 4.79 Å². The lowest BCUT2D eigenvalue weighted by atomic mass is 10.7. The summed E-state index contributed by atoms with van der Waals surface area (Å²) >= 11 is 0. The highest BCUT2D eigenvalue weighted by Crippen LogP contribution is 1.85. The maximum absolute atomic E-state index is 9.99. The summed E-state index contributed by atoms with van der Waals surface area (Å²) in [6.45, 7) is 0. The van der Waals surface area contributed by atoms with Crippen LogP contribution in [0.25, 0.3) is 0 Å². The summed E-state index contributed by atoms with van der Waals surface area (Å²) in [7, 11) is 0. The van der Waals surface area contributed by atoms with E-state index in [1.54, 1.807) is 6.07 Å². The molecule has 1 aromatic rings. The van der Waals surface area contributed by atoms with E-state index in [0.29, 0.717) is 0 Å². The first-order valence-corrected chi connectivity index (χ1v) is 2.09. The third-order valence-corrected chi connectivity index (χ3v) is 0.751. The lowest BCUT2D eigenvalue weighted by molar-refractivity contribution is 0.196. The summed E-state index contributed by atoms with van der Waals surface area (Å²) < 4.78 is 0.958. The summed E-state index contributed by atoms with van der Waals surface area (Å²) in [4.78, 5) is 9.99. The van der Waals surface area contributed by atoms with Gasteiger partial charge in [-0.2, -0.15) is 0 Å². The third-order valence-electron chi connectivity index (χ3n) is 0.751. The second kappa shape index (κ2) is 1.69. The van der Waals surface area contributed by atoms with Gasteiger partial charge >= 0.3 is 6.09 Å². The van der Waals surface area contributed by atoms with Crippen molar-refractivity contribution in [3.63, 3.8) is 0 Å². The second-order valence-corrected chi connectivity index (χ2v) is 1.29. The summed E-state index contributed by atoms with van der Waals surface area (Å²) in [5, 5.41) is 8.21. The van der Waals surface area contributed by atoms with Gasteiger partial charge in [-0.05, 0) is 12.1 Å². The zero-order valence-electron chi connectivity index (χ0n) is 4.03. The van der Waals surface area contributed by atoms with Crippen LogP contribution >= 0.6 is 0 Å². The minimum Gasteiger partial charge on any atom is -0.464 e. The van der Waals surface area contributed by atoms with Crippen molar-refractivity contribution < 1.29 is 9.90 Å². The molecule has 3 heteroatoms. The Labute approximate surface area is 46.2 Å². The van der Waals surface area contributed by atoms with E-state index in [1.807, 2.05) is 0 Å². The van der Waals surface area contributed by atoms with Crippen LogP contribution in [0.3, 0.4) is 0 Å². The van der Waals surface area contributed by atoms with E-state index in [4.69, 9.17) is 5.11 Å². The lowest BCUT2D eigenvalue weighted by Gasteiger charge is -1.86. The molecular formula is C5H4NO2. The Hall–Kier alpha value is -1.25. The topological polar surface area (TPSA) is 42.2 Å². The number of rotatable bonds is 0. The third kappa shape index (κ3) is 0.703. The SMILES string of the molecule is O=C(O)n1[c]ccc1. The van der Waals surface area contributed by atoms with Crippen LogP contribution in [0.5, 0.6) is 0 Å².